The van der Waals surface area contributed by atoms with Gasteiger partial charge in [0.05, 0.1) is 12.9 Å². The lowest BCUT2D eigenvalue weighted by atomic mass is 10.1. The molecular formula is C23H30N6OS. The minimum absolute atomic E-state index is 0.571. The highest BCUT2D eigenvalue weighted by Gasteiger charge is 2.01. The molecule has 0 saturated carbocycles. The summed E-state index contributed by atoms with van der Waals surface area (Å²) in [7, 11) is 0. The van der Waals surface area contributed by atoms with Crippen LogP contribution in [0.4, 0.5) is 11.5 Å². The molecule has 164 valence electrons. The molecule has 0 bridgehead atoms. The molecule has 4 N–H and O–H groups in total. The van der Waals surface area contributed by atoms with E-state index in [1.165, 1.54) is 11.3 Å². The van der Waals surface area contributed by atoms with Gasteiger partial charge in [0.15, 0.2) is 5.11 Å². The molecule has 0 fully saturated rings. The van der Waals surface area contributed by atoms with Gasteiger partial charge in [-0.2, -0.15) is 0 Å². The van der Waals surface area contributed by atoms with E-state index < -0.39 is 0 Å². The first kappa shape index (κ1) is 22.6. The van der Waals surface area contributed by atoms with Crippen LogP contribution < -0.4 is 21.1 Å². The Morgan fingerprint density at radius 1 is 1.16 bits per heavy atom. The maximum absolute atomic E-state index is 5.83. The molecule has 3 rings (SSSR count). The van der Waals surface area contributed by atoms with Gasteiger partial charge in [-0.05, 0) is 86.8 Å². The lowest BCUT2D eigenvalue weighted by molar-refractivity contribution is 0.307. The quantitative estimate of drug-likeness (QED) is 0.308. The van der Waals surface area contributed by atoms with E-state index in [4.69, 9.17) is 22.7 Å². The molecule has 0 aliphatic heterocycles. The number of benzene rings is 1. The number of aromatic nitrogens is 3. The molecule has 0 saturated heterocycles. The summed E-state index contributed by atoms with van der Waals surface area (Å²) in [5, 5.41) is 7.06. The van der Waals surface area contributed by atoms with E-state index in [-0.39, 0.29) is 0 Å². The summed E-state index contributed by atoms with van der Waals surface area (Å²) in [6.45, 7) is 4.46. The summed E-state index contributed by atoms with van der Waals surface area (Å²) in [6.07, 6.45) is 9.45. The third-order valence-corrected chi connectivity index (χ3v) is 5.11. The molecule has 2 heterocycles. The first-order chi connectivity index (χ1) is 15.1. The highest BCUT2D eigenvalue weighted by atomic mass is 32.1. The largest absolute Gasteiger partial charge is 0.494 e. The molecule has 0 aliphatic carbocycles. The highest BCUT2D eigenvalue weighted by Crippen LogP contribution is 2.16. The van der Waals surface area contributed by atoms with Crippen LogP contribution in [0.15, 0.2) is 55.1 Å². The van der Waals surface area contributed by atoms with Crippen LogP contribution in [0.3, 0.4) is 0 Å². The number of anilines is 2. The van der Waals surface area contributed by atoms with Crippen LogP contribution in [0.1, 0.15) is 30.5 Å². The number of nitrogens with zero attached hydrogens (tertiary/aromatic N) is 3. The molecule has 0 aliphatic rings. The predicted molar refractivity (Wildman–Crippen MR) is 129 cm³/mol. The predicted octanol–water partition coefficient (Wildman–Crippen LogP) is 3.95. The van der Waals surface area contributed by atoms with Gasteiger partial charge in [0, 0.05) is 36.9 Å². The average molecular weight is 439 g/mol. The molecule has 0 unspecified atom stereocenters. The number of hydrogen-bond donors (Lipinski definition) is 3. The number of rotatable bonds is 11. The van der Waals surface area contributed by atoms with Gasteiger partial charge in [-0.25, -0.2) is 9.97 Å². The Bertz CT molecular complexity index is 957. The summed E-state index contributed by atoms with van der Waals surface area (Å²) >= 11 is 5.37. The number of thiocarbonyl (C=S) groups is 1. The lowest BCUT2D eigenvalue weighted by Gasteiger charge is -2.12. The van der Waals surface area contributed by atoms with Crippen LogP contribution in [0.5, 0.6) is 5.75 Å². The first-order valence-electron chi connectivity index (χ1n) is 10.5. The van der Waals surface area contributed by atoms with Gasteiger partial charge in [0.1, 0.15) is 11.6 Å². The van der Waals surface area contributed by atoms with Gasteiger partial charge < -0.3 is 25.7 Å². The maximum atomic E-state index is 5.83. The molecule has 0 atom stereocenters. The van der Waals surface area contributed by atoms with Crippen molar-refractivity contribution in [2.45, 2.75) is 39.2 Å². The van der Waals surface area contributed by atoms with E-state index in [1.807, 2.05) is 48.9 Å². The van der Waals surface area contributed by atoms with Gasteiger partial charge in [-0.3, -0.25) is 0 Å². The van der Waals surface area contributed by atoms with Crippen molar-refractivity contribution in [1.29, 1.82) is 0 Å². The SMILES string of the molecule is Cc1cncn1CCCNC(=S)Nc1ccc(OCCCCc2ccnc(N)c2)cc1. The molecule has 0 radical (unpaired) electrons. The van der Waals surface area contributed by atoms with E-state index >= 15 is 0 Å². The fraction of sp³-hybridized carbons (Fsp3) is 0.348. The molecule has 8 heteroatoms. The number of nitrogen functional groups attached to an aromatic ring is 1. The van der Waals surface area contributed by atoms with Gasteiger partial charge >= 0.3 is 0 Å². The van der Waals surface area contributed by atoms with Crippen LogP contribution in [0.25, 0.3) is 0 Å². The van der Waals surface area contributed by atoms with Crippen molar-refractivity contribution in [3.8, 4) is 5.75 Å². The zero-order valence-corrected chi connectivity index (χ0v) is 18.7. The summed E-state index contributed by atoms with van der Waals surface area (Å²) in [4.78, 5) is 8.14. The Kier molecular flexibility index (Phi) is 8.66. The minimum atomic E-state index is 0.571. The number of hydrogen-bond acceptors (Lipinski definition) is 5. The molecular weight excluding hydrogens is 408 g/mol. The maximum Gasteiger partial charge on any atom is 0.170 e. The zero-order chi connectivity index (χ0) is 21.9. The van der Waals surface area contributed by atoms with E-state index in [0.29, 0.717) is 17.5 Å². The van der Waals surface area contributed by atoms with E-state index in [0.717, 1.165) is 50.2 Å². The summed E-state index contributed by atoms with van der Waals surface area (Å²) in [6, 6.07) is 11.8. The van der Waals surface area contributed by atoms with Gasteiger partial charge in [0.25, 0.3) is 0 Å². The average Bonchev–Trinajstić information content (AvgIpc) is 3.17. The molecule has 0 amide bonds. The Hall–Kier alpha value is -3.13. The number of imidazole rings is 1. The third kappa shape index (κ3) is 7.90. The molecule has 3 aromatic rings. The fourth-order valence-electron chi connectivity index (χ4n) is 3.15. The summed E-state index contributed by atoms with van der Waals surface area (Å²) in [5.41, 5.74) is 9.02. The third-order valence-electron chi connectivity index (χ3n) is 4.87. The molecule has 7 nitrogen and oxygen atoms in total. The first-order valence-corrected chi connectivity index (χ1v) is 11.0. The Labute approximate surface area is 189 Å². The smallest absolute Gasteiger partial charge is 0.170 e. The molecule has 0 spiro atoms. The highest BCUT2D eigenvalue weighted by molar-refractivity contribution is 7.80. The van der Waals surface area contributed by atoms with Crippen molar-refractivity contribution in [2.24, 2.45) is 0 Å². The minimum Gasteiger partial charge on any atom is -0.494 e. The number of aryl methyl sites for hydroxylation is 3. The van der Waals surface area contributed by atoms with E-state index in [1.54, 1.807) is 6.20 Å². The van der Waals surface area contributed by atoms with Gasteiger partial charge in [0.2, 0.25) is 0 Å². The molecule has 31 heavy (non-hydrogen) atoms. The second-order valence-electron chi connectivity index (χ2n) is 7.38. The Morgan fingerprint density at radius 3 is 2.74 bits per heavy atom. The van der Waals surface area contributed by atoms with Crippen molar-refractivity contribution in [3.05, 3.63) is 66.4 Å². The standard InChI is InChI=1S/C23H30N6OS/c1-18-16-25-17-29(18)13-4-11-27-23(31)28-20-6-8-21(9-7-20)30-14-3-2-5-19-10-12-26-22(24)15-19/h6-10,12,15-17H,2-5,11,13-14H2,1H3,(H2,24,26)(H2,27,28,31). The monoisotopic (exact) mass is 438 g/mol. The second-order valence-corrected chi connectivity index (χ2v) is 7.79. The Balaban J connectivity index is 1.28. The van der Waals surface area contributed by atoms with Crippen molar-refractivity contribution in [2.75, 3.05) is 24.2 Å². The van der Waals surface area contributed by atoms with E-state index in [9.17, 15) is 0 Å². The van der Waals surface area contributed by atoms with Gasteiger partial charge in [-0.15, -0.1) is 0 Å². The normalized spacial score (nSPS) is 10.6. The lowest BCUT2D eigenvalue weighted by Crippen LogP contribution is -2.29. The number of unbranched alkanes of at least 4 members (excludes halogenated alkanes) is 1. The molecule has 1 aromatic carbocycles. The van der Waals surface area contributed by atoms with Crippen molar-refractivity contribution >= 4 is 28.8 Å². The van der Waals surface area contributed by atoms with Crippen molar-refractivity contribution < 1.29 is 4.74 Å². The zero-order valence-electron chi connectivity index (χ0n) is 17.9. The Morgan fingerprint density at radius 2 is 2.00 bits per heavy atom. The van der Waals surface area contributed by atoms with Crippen LogP contribution in [-0.2, 0) is 13.0 Å². The van der Waals surface area contributed by atoms with Crippen LogP contribution in [-0.4, -0.2) is 32.8 Å². The number of pyridine rings is 1. The topological polar surface area (TPSA) is 90.0 Å². The number of nitrogens with two attached hydrogens (primary N) is 1. The van der Waals surface area contributed by atoms with Gasteiger partial charge in [-0.1, -0.05) is 0 Å². The summed E-state index contributed by atoms with van der Waals surface area (Å²) < 4.78 is 7.96. The second kappa shape index (κ2) is 11.9. The van der Waals surface area contributed by atoms with Crippen LogP contribution in [0.2, 0.25) is 0 Å². The van der Waals surface area contributed by atoms with E-state index in [2.05, 4.69) is 32.1 Å². The van der Waals surface area contributed by atoms with Crippen LogP contribution in [0, 0.1) is 6.92 Å². The van der Waals surface area contributed by atoms with Crippen LogP contribution >= 0.6 is 12.2 Å². The van der Waals surface area contributed by atoms with Crippen molar-refractivity contribution in [3.63, 3.8) is 0 Å². The number of nitrogens with one attached hydrogen (secondary N) is 2. The summed E-state index contributed by atoms with van der Waals surface area (Å²) in [5.74, 6) is 1.43. The number of ether oxygens (including phenoxy) is 1. The fourth-order valence-corrected chi connectivity index (χ4v) is 3.37. The van der Waals surface area contributed by atoms with Crippen molar-refractivity contribution in [1.82, 2.24) is 19.9 Å². The molecule has 2 aromatic heterocycles.